The molecular formula is C28H35N5O3. The second kappa shape index (κ2) is 11.7. The molecule has 3 aromatic rings. The van der Waals surface area contributed by atoms with Gasteiger partial charge in [0.05, 0.1) is 25.5 Å². The van der Waals surface area contributed by atoms with E-state index in [-0.39, 0.29) is 11.7 Å². The smallest absolute Gasteiger partial charge is 0.255 e. The SMILES string of the molecule is Cn1c(N2CCO[C@@H](c3ccc(OCCCN4CCCCC4)cc3)C2)nc(-c2ccncc2)cc1=O. The Kier molecular flexibility index (Phi) is 7.93. The topological polar surface area (TPSA) is 72.7 Å². The maximum absolute atomic E-state index is 12.7. The molecule has 0 N–H and O–H groups in total. The van der Waals surface area contributed by atoms with Crippen molar-refractivity contribution >= 4 is 5.95 Å². The van der Waals surface area contributed by atoms with Crippen LogP contribution in [-0.2, 0) is 11.8 Å². The molecule has 2 fully saturated rings. The van der Waals surface area contributed by atoms with Crippen LogP contribution in [0.1, 0.15) is 37.4 Å². The third kappa shape index (κ3) is 5.94. The Morgan fingerprint density at radius 1 is 1.03 bits per heavy atom. The lowest BCUT2D eigenvalue weighted by molar-refractivity contribution is 0.0389. The highest BCUT2D eigenvalue weighted by Crippen LogP contribution is 2.27. The molecule has 8 heteroatoms. The van der Waals surface area contributed by atoms with Crippen LogP contribution in [0.2, 0.25) is 0 Å². The quantitative estimate of drug-likeness (QED) is 0.447. The van der Waals surface area contributed by atoms with E-state index in [4.69, 9.17) is 14.5 Å². The molecule has 5 rings (SSSR count). The summed E-state index contributed by atoms with van der Waals surface area (Å²) in [6, 6.07) is 13.5. The Labute approximate surface area is 212 Å². The molecule has 0 amide bonds. The highest BCUT2D eigenvalue weighted by Gasteiger charge is 2.25. The van der Waals surface area contributed by atoms with Crippen LogP contribution < -0.4 is 15.2 Å². The lowest BCUT2D eigenvalue weighted by Gasteiger charge is -2.34. The van der Waals surface area contributed by atoms with E-state index in [0.717, 1.165) is 36.4 Å². The Bertz CT molecular complexity index is 1180. The molecule has 1 aromatic carbocycles. The van der Waals surface area contributed by atoms with Gasteiger partial charge in [-0.15, -0.1) is 0 Å². The zero-order chi connectivity index (χ0) is 24.7. The molecule has 2 aromatic heterocycles. The minimum absolute atomic E-state index is 0.0864. The summed E-state index contributed by atoms with van der Waals surface area (Å²) in [5.74, 6) is 1.54. The summed E-state index contributed by atoms with van der Waals surface area (Å²) in [6.07, 6.45) is 8.38. The van der Waals surface area contributed by atoms with Gasteiger partial charge in [-0.1, -0.05) is 18.6 Å². The molecule has 1 atom stereocenters. The Morgan fingerprint density at radius 2 is 1.81 bits per heavy atom. The number of ether oxygens (including phenoxy) is 2. The first kappa shape index (κ1) is 24.5. The number of morpholine rings is 1. The van der Waals surface area contributed by atoms with Crippen LogP contribution in [0.15, 0.2) is 59.7 Å². The van der Waals surface area contributed by atoms with Crippen molar-refractivity contribution in [3.05, 3.63) is 70.8 Å². The average Bonchev–Trinajstić information content (AvgIpc) is 2.94. The van der Waals surface area contributed by atoms with Gasteiger partial charge in [0.2, 0.25) is 5.95 Å². The van der Waals surface area contributed by atoms with Gasteiger partial charge >= 0.3 is 0 Å². The Morgan fingerprint density at radius 3 is 2.58 bits per heavy atom. The molecule has 2 aliphatic heterocycles. The fourth-order valence-corrected chi connectivity index (χ4v) is 4.95. The molecule has 2 aliphatic rings. The first-order valence-corrected chi connectivity index (χ1v) is 13.0. The van der Waals surface area contributed by atoms with Crippen molar-refractivity contribution in [2.24, 2.45) is 7.05 Å². The zero-order valence-electron chi connectivity index (χ0n) is 21.0. The zero-order valence-corrected chi connectivity index (χ0v) is 21.0. The second-order valence-corrected chi connectivity index (χ2v) is 9.55. The molecule has 0 aliphatic carbocycles. The lowest BCUT2D eigenvalue weighted by Crippen LogP contribution is -2.41. The van der Waals surface area contributed by atoms with Crippen molar-refractivity contribution in [1.82, 2.24) is 19.4 Å². The van der Waals surface area contributed by atoms with E-state index in [0.29, 0.717) is 31.3 Å². The number of pyridine rings is 1. The molecule has 2 saturated heterocycles. The first-order valence-electron chi connectivity index (χ1n) is 13.0. The van der Waals surface area contributed by atoms with Gasteiger partial charge in [-0.3, -0.25) is 14.3 Å². The van der Waals surface area contributed by atoms with Gasteiger partial charge in [0.1, 0.15) is 11.9 Å². The van der Waals surface area contributed by atoms with E-state index in [1.807, 2.05) is 24.3 Å². The monoisotopic (exact) mass is 489 g/mol. The predicted molar refractivity (Wildman–Crippen MR) is 140 cm³/mol. The van der Waals surface area contributed by atoms with Crippen molar-refractivity contribution in [3.8, 4) is 17.0 Å². The third-order valence-corrected chi connectivity index (χ3v) is 7.02. The van der Waals surface area contributed by atoms with Crippen molar-refractivity contribution in [2.45, 2.75) is 31.8 Å². The van der Waals surface area contributed by atoms with Crippen LogP contribution >= 0.6 is 0 Å². The summed E-state index contributed by atoms with van der Waals surface area (Å²) >= 11 is 0. The van der Waals surface area contributed by atoms with Gasteiger partial charge in [-0.2, -0.15) is 0 Å². The fraction of sp³-hybridized carbons (Fsp3) is 0.464. The van der Waals surface area contributed by atoms with Gasteiger partial charge < -0.3 is 19.3 Å². The number of rotatable bonds is 8. The van der Waals surface area contributed by atoms with E-state index in [1.54, 1.807) is 30.1 Å². The van der Waals surface area contributed by atoms with Crippen LogP contribution in [0, 0.1) is 0 Å². The molecule has 0 radical (unpaired) electrons. The number of hydrogen-bond donors (Lipinski definition) is 0. The van der Waals surface area contributed by atoms with E-state index >= 15 is 0 Å². The van der Waals surface area contributed by atoms with Crippen molar-refractivity contribution in [3.63, 3.8) is 0 Å². The highest BCUT2D eigenvalue weighted by atomic mass is 16.5. The third-order valence-electron chi connectivity index (χ3n) is 7.02. The van der Waals surface area contributed by atoms with Crippen LogP contribution in [0.4, 0.5) is 5.95 Å². The van der Waals surface area contributed by atoms with Crippen LogP contribution in [-0.4, -0.2) is 65.4 Å². The van der Waals surface area contributed by atoms with Gasteiger partial charge in [-0.05, 0) is 62.2 Å². The second-order valence-electron chi connectivity index (χ2n) is 9.55. The number of aromatic nitrogens is 3. The molecule has 0 spiro atoms. The summed E-state index contributed by atoms with van der Waals surface area (Å²) in [5.41, 5.74) is 2.54. The minimum Gasteiger partial charge on any atom is -0.494 e. The lowest BCUT2D eigenvalue weighted by atomic mass is 10.1. The van der Waals surface area contributed by atoms with Crippen molar-refractivity contribution < 1.29 is 9.47 Å². The highest BCUT2D eigenvalue weighted by molar-refractivity contribution is 5.59. The summed E-state index contributed by atoms with van der Waals surface area (Å²) < 4.78 is 13.7. The number of piperidine rings is 1. The van der Waals surface area contributed by atoms with Crippen LogP contribution in [0.5, 0.6) is 5.75 Å². The first-order chi connectivity index (χ1) is 17.7. The van der Waals surface area contributed by atoms with Crippen molar-refractivity contribution in [2.75, 3.05) is 50.8 Å². The van der Waals surface area contributed by atoms with Gasteiger partial charge in [0.25, 0.3) is 5.56 Å². The van der Waals surface area contributed by atoms with Gasteiger partial charge in [0.15, 0.2) is 0 Å². The normalized spacial score (nSPS) is 18.8. The maximum Gasteiger partial charge on any atom is 0.255 e. The van der Waals surface area contributed by atoms with E-state index < -0.39 is 0 Å². The van der Waals surface area contributed by atoms with Gasteiger partial charge in [0, 0.05) is 44.2 Å². The number of anilines is 1. The standard InChI is InChI=1S/C28H35N5O3/c1-31-27(34)20-25(22-10-12-29-13-11-22)30-28(31)33-17-19-36-26(21-33)23-6-8-24(9-7-23)35-18-5-16-32-14-3-2-4-15-32/h6-13,20,26H,2-5,14-19,21H2,1H3/t26-/m1/s1. The molecule has 36 heavy (non-hydrogen) atoms. The van der Waals surface area contributed by atoms with Crippen molar-refractivity contribution in [1.29, 1.82) is 0 Å². The number of benzene rings is 1. The van der Waals surface area contributed by atoms with Crippen LogP contribution in [0.3, 0.4) is 0 Å². The average molecular weight is 490 g/mol. The largest absolute Gasteiger partial charge is 0.494 e. The fourth-order valence-electron chi connectivity index (χ4n) is 4.95. The molecule has 4 heterocycles. The van der Waals surface area contributed by atoms with E-state index in [1.165, 1.54) is 32.4 Å². The Balaban J connectivity index is 1.21. The number of hydrogen-bond acceptors (Lipinski definition) is 7. The van der Waals surface area contributed by atoms with E-state index in [9.17, 15) is 4.79 Å². The summed E-state index contributed by atoms with van der Waals surface area (Å²) in [7, 11) is 1.77. The molecule has 190 valence electrons. The van der Waals surface area contributed by atoms with Crippen LogP contribution in [0.25, 0.3) is 11.3 Å². The Hall–Kier alpha value is -3.23. The summed E-state index contributed by atoms with van der Waals surface area (Å²) in [6.45, 7) is 6.16. The maximum atomic E-state index is 12.7. The molecular weight excluding hydrogens is 454 g/mol. The molecule has 8 nitrogen and oxygen atoms in total. The summed E-state index contributed by atoms with van der Waals surface area (Å²) in [4.78, 5) is 26.3. The molecule has 0 bridgehead atoms. The van der Waals surface area contributed by atoms with Gasteiger partial charge in [-0.25, -0.2) is 4.98 Å². The predicted octanol–water partition coefficient (Wildman–Crippen LogP) is 3.68. The number of likely N-dealkylation sites (tertiary alicyclic amines) is 1. The summed E-state index contributed by atoms with van der Waals surface area (Å²) in [5, 5.41) is 0. The minimum atomic E-state index is -0.103. The molecule has 0 unspecified atom stereocenters. The van der Waals surface area contributed by atoms with E-state index in [2.05, 4.69) is 26.9 Å². The number of nitrogens with zero attached hydrogens (tertiary/aromatic N) is 5. The molecule has 0 saturated carbocycles.